The van der Waals surface area contributed by atoms with Gasteiger partial charge in [0.05, 0.1) is 20.6 Å². The second-order valence-corrected chi connectivity index (χ2v) is 11.8. The fourth-order valence-corrected chi connectivity index (χ4v) is 4.80. The van der Waals surface area contributed by atoms with E-state index in [1.807, 2.05) is 30.3 Å². The zero-order valence-corrected chi connectivity index (χ0v) is 24.4. The highest BCUT2D eigenvalue weighted by Gasteiger charge is 2.15. The predicted octanol–water partition coefficient (Wildman–Crippen LogP) is 5.19. The molecule has 4 aromatic rings. The minimum absolute atomic E-state index is 0.103. The average Bonchev–Trinajstić information content (AvgIpc) is 2.87. The summed E-state index contributed by atoms with van der Waals surface area (Å²) in [6, 6.07) is 19.3. The molecule has 41 heavy (non-hydrogen) atoms. The SMILES string of the molecule is Nc1nc(N)c(-c2ccc(Cl)c(Cl)c2)c(CCc2ccc(CCc3cccc(S(=O)(=O)F)c3)cc2)n1.O=S(=O)(O)O. The first kappa shape index (κ1) is 32.2. The highest BCUT2D eigenvalue weighted by Crippen LogP contribution is 2.33. The van der Waals surface area contributed by atoms with E-state index in [9.17, 15) is 12.3 Å². The maximum Gasteiger partial charge on any atom is 0.394 e. The Labute approximate surface area is 247 Å². The number of halogens is 3. The van der Waals surface area contributed by atoms with Gasteiger partial charge < -0.3 is 11.5 Å². The van der Waals surface area contributed by atoms with Crippen molar-refractivity contribution in [2.75, 3.05) is 11.5 Å². The number of benzene rings is 3. The molecule has 0 spiro atoms. The third-order valence-corrected chi connectivity index (χ3v) is 7.35. The van der Waals surface area contributed by atoms with Gasteiger partial charge in [0.2, 0.25) is 5.95 Å². The van der Waals surface area contributed by atoms with Crippen LogP contribution in [0.1, 0.15) is 22.4 Å². The highest BCUT2D eigenvalue weighted by atomic mass is 35.5. The lowest BCUT2D eigenvalue weighted by Gasteiger charge is -2.13. The molecule has 4 rings (SSSR count). The normalized spacial score (nSPS) is 11.5. The lowest BCUT2D eigenvalue weighted by Crippen LogP contribution is -2.08. The Morgan fingerprint density at radius 3 is 1.85 bits per heavy atom. The number of nitrogens with zero attached hydrogens (tertiary/aromatic N) is 2. The van der Waals surface area contributed by atoms with E-state index < -0.39 is 20.6 Å². The molecule has 0 aliphatic carbocycles. The molecule has 0 aliphatic rings. The second kappa shape index (κ2) is 13.6. The smallest absolute Gasteiger partial charge is 0.383 e. The maximum atomic E-state index is 13.2. The first-order valence-corrected chi connectivity index (χ1v) is 15.3. The summed E-state index contributed by atoms with van der Waals surface area (Å²) in [7, 11) is -9.38. The van der Waals surface area contributed by atoms with Gasteiger partial charge in [-0.15, -0.1) is 3.89 Å². The first-order chi connectivity index (χ1) is 19.1. The molecule has 15 heteroatoms. The summed E-state index contributed by atoms with van der Waals surface area (Å²) in [6.07, 6.45) is 2.56. The molecule has 0 bridgehead atoms. The van der Waals surface area contributed by atoms with E-state index in [4.69, 9.17) is 52.2 Å². The van der Waals surface area contributed by atoms with Crippen molar-refractivity contribution < 1.29 is 29.8 Å². The van der Waals surface area contributed by atoms with Crippen LogP contribution in [0.5, 0.6) is 0 Å². The molecular weight excluding hydrogens is 618 g/mol. The third-order valence-electron chi connectivity index (χ3n) is 5.79. The molecule has 6 N–H and O–H groups in total. The van der Waals surface area contributed by atoms with Gasteiger partial charge in [-0.1, -0.05) is 65.7 Å². The topological polar surface area (TPSA) is 187 Å². The summed E-state index contributed by atoms with van der Waals surface area (Å²) < 4.78 is 67.1. The molecule has 218 valence electrons. The minimum Gasteiger partial charge on any atom is -0.383 e. The average molecular weight is 644 g/mol. The zero-order valence-electron chi connectivity index (χ0n) is 21.2. The van der Waals surface area contributed by atoms with Crippen molar-refractivity contribution in [1.29, 1.82) is 0 Å². The van der Waals surface area contributed by atoms with Gasteiger partial charge in [-0.05, 0) is 72.2 Å². The van der Waals surface area contributed by atoms with Gasteiger partial charge in [-0.2, -0.15) is 21.8 Å². The van der Waals surface area contributed by atoms with Crippen molar-refractivity contribution in [3.63, 3.8) is 0 Å². The standard InChI is InChI=1S/C26H23Cl2FN4O2S.H2O4S/c27-21-12-11-19(15-22(21)28)24-23(32-26(31)33-25(24)30)13-10-17-6-4-16(5-7-17)8-9-18-2-1-3-20(14-18)36(29,34)35;1-5(2,3)4/h1-7,11-12,14-15H,8-10,13H2,(H4,30,31,32,33);(H2,1,2,3,4). The quantitative estimate of drug-likeness (QED) is 0.147. The Morgan fingerprint density at radius 1 is 0.732 bits per heavy atom. The van der Waals surface area contributed by atoms with E-state index in [1.165, 1.54) is 12.1 Å². The molecule has 0 aliphatic heterocycles. The fourth-order valence-electron chi connectivity index (χ4n) is 3.97. The number of hydrogen-bond donors (Lipinski definition) is 4. The van der Waals surface area contributed by atoms with Crippen LogP contribution in [0.3, 0.4) is 0 Å². The Hall–Kier alpha value is -3.33. The van der Waals surface area contributed by atoms with Crippen LogP contribution in [0.25, 0.3) is 11.1 Å². The molecule has 0 fully saturated rings. The van der Waals surface area contributed by atoms with E-state index in [-0.39, 0.29) is 16.7 Å². The number of aryl methyl sites for hydroxylation is 4. The van der Waals surface area contributed by atoms with Crippen molar-refractivity contribution in [3.05, 3.63) is 99.2 Å². The van der Waals surface area contributed by atoms with E-state index in [1.54, 1.807) is 24.3 Å². The summed E-state index contributed by atoms with van der Waals surface area (Å²) in [6.45, 7) is 0. The molecule has 3 aromatic carbocycles. The van der Waals surface area contributed by atoms with Crippen LogP contribution >= 0.6 is 23.2 Å². The van der Waals surface area contributed by atoms with Crippen LogP contribution < -0.4 is 11.5 Å². The third kappa shape index (κ3) is 10.2. The van der Waals surface area contributed by atoms with E-state index in [0.29, 0.717) is 47.0 Å². The summed E-state index contributed by atoms with van der Waals surface area (Å²) in [4.78, 5) is 8.21. The summed E-state index contributed by atoms with van der Waals surface area (Å²) in [5.74, 6) is 0.377. The Bertz CT molecular complexity index is 1750. The molecule has 1 aromatic heterocycles. The van der Waals surface area contributed by atoms with E-state index in [2.05, 4.69) is 9.97 Å². The van der Waals surface area contributed by atoms with Crippen LogP contribution in [-0.4, -0.2) is 35.9 Å². The number of hydrogen-bond acceptors (Lipinski definition) is 8. The number of nitrogen functional groups attached to an aromatic ring is 2. The van der Waals surface area contributed by atoms with Gasteiger partial charge in [-0.3, -0.25) is 9.11 Å². The van der Waals surface area contributed by atoms with Crippen LogP contribution in [0.2, 0.25) is 10.0 Å². The lowest BCUT2D eigenvalue weighted by molar-refractivity contribution is 0.381. The van der Waals surface area contributed by atoms with E-state index >= 15 is 0 Å². The van der Waals surface area contributed by atoms with E-state index in [0.717, 1.165) is 22.3 Å². The van der Waals surface area contributed by atoms with Crippen LogP contribution in [0.4, 0.5) is 15.7 Å². The number of anilines is 2. The number of rotatable bonds is 8. The Kier molecular flexibility index (Phi) is 10.6. The fraction of sp³-hybridized carbons (Fsp3) is 0.154. The Balaban J connectivity index is 0.000000850. The minimum atomic E-state index is -4.71. The van der Waals surface area contributed by atoms with Crippen LogP contribution in [0, 0.1) is 0 Å². The molecule has 0 unspecified atom stereocenters. The van der Waals surface area contributed by atoms with Crippen molar-refractivity contribution in [1.82, 2.24) is 9.97 Å². The van der Waals surface area contributed by atoms with Crippen molar-refractivity contribution in [2.24, 2.45) is 0 Å². The summed E-state index contributed by atoms with van der Waals surface area (Å²) in [5, 5.41) is 0.849. The van der Waals surface area contributed by atoms with Crippen LogP contribution in [0.15, 0.2) is 71.6 Å². The van der Waals surface area contributed by atoms with Crippen molar-refractivity contribution in [3.8, 4) is 11.1 Å². The molecule has 0 amide bonds. The Morgan fingerprint density at radius 2 is 1.29 bits per heavy atom. The van der Waals surface area contributed by atoms with Gasteiger partial charge >= 0.3 is 20.6 Å². The van der Waals surface area contributed by atoms with Gasteiger partial charge in [0.25, 0.3) is 0 Å². The molecule has 0 saturated carbocycles. The molecular formula is C26H25Cl2FN4O6S2. The lowest BCUT2D eigenvalue weighted by atomic mass is 9.98. The zero-order chi connectivity index (χ0) is 30.4. The molecule has 0 radical (unpaired) electrons. The van der Waals surface area contributed by atoms with Gasteiger partial charge in [0.15, 0.2) is 0 Å². The molecule has 10 nitrogen and oxygen atoms in total. The van der Waals surface area contributed by atoms with Gasteiger partial charge in [0.1, 0.15) is 5.82 Å². The summed E-state index contributed by atoms with van der Waals surface area (Å²) in [5.41, 5.74) is 17.1. The highest BCUT2D eigenvalue weighted by molar-refractivity contribution is 7.86. The maximum absolute atomic E-state index is 13.2. The summed E-state index contributed by atoms with van der Waals surface area (Å²) >= 11 is 12.3. The molecule has 0 saturated heterocycles. The van der Waals surface area contributed by atoms with Gasteiger partial charge in [0, 0.05) is 5.56 Å². The predicted molar refractivity (Wildman–Crippen MR) is 156 cm³/mol. The van der Waals surface area contributed by atoms with Crippen molar-refractivity contribution >= 4 is 55.6 Å². The van der Waals surface area contributed by atoms with Gasteiger partial charge in [-0.25, -0.2) is 4.98 Å². The number of aromatic nitrogens is 2. The van der Waals surface area contributed by atoms with Crippen LogP contribution in [-0.2, 0) is 46.3 Å². The monoisotopic (exact) mass is 642 g/mol. The largest absolute Gasteiger partial charge is 0.394 e. The molecule has 1 heterocycles. The molecule has 0 atom stereocenters. The van der Waals surface area contributed by atoms with Crippen molar-refractivity contribution in [2.45, 2.75) is 30.6 Å². The first-order valence-electron chi connectivity index (χ1n) is 11.8. The number of nitrogens with two attached hydrogens (primary N) is 2. The second-order valence-electron chi connectivity index (χ2n) is 8.77.